The smallest absolute Gasteiger partial charge is 0.274 e. The van der Waals surface area contributed by atoms with Gasteiger partial charge in [0, 0.05) is 31.2 Å². The molecule has 1 aromatic rings. The highest BCUT2D eigenvalue weighted by atomic mass is 79.9. The van der Waals surface area contributed by atoms with Gasteiger partial charge < -0.3 is 9.47 Å². The molecule has 82 valence electrons. The summed E-state index contributed by atoms with van der Waals surface area (Å²) in [4.78, 5) is 18.1. The fraction of sp³-hybridized carbons (Fsp3) is 0.600. The van der Waals surface area contributed by atoms with E-state index in [0.717, 1.165) is 24.7 Å². The molecule has 5 heteroatoms. The maximum Gasteiger partial charge on any atom is 0.274 e. The molecule has 1 amide bonds. The van der Waals surface area contributed by atoms with Crippen LogP contribution in [-0.2, 0) is 7.05 Å². The summed E-state index contributed by atoms with van der Waals surface area (Å²) in [5.74, 6) is 0.0533. The van der Waals surface area contributed by atoms with E-state index in [4.69, 9.17) is 0 Å². The first kappa shape index (κ1) is 10.7. The van der Waals surface area contributed by atoms with Crippen molar-refractivity contribution in [2.45, 2.75) is 18.9 Å². The number of aryl methyl sites for hydroxylation is 1. The van der Waals surface area contributed by atoms with E-state index in [1.54, 1.807) is 17.1 Å². The van der Waals surface area contributed by atoms with Crippen LogP contribution in [0.4, 0.5) is 0 Å². The van der Waals surface area contributed by atoms with Crippen LogP contribution in [-0.4, -0.2) is 38.3 Å². The third kappa shape index (κ3) is 2.07. The van der Waals surface area contributed by atoms with Gasteiger partial charge in [0.1, 0.15) is 5.69 Å². The van der Waals surface area contributed by atoms with Gasteiger partial charge in [0.05, 0.1) is 6.33 Å². The number of nitrogens with zero attached hydrogens (tertiary/aromatic N) is 3. The molecular formula is C10H14BrN3O. The van der Waals surface area contributed by atoms with Crippen LogP contribution >= 0.6 is 15.9 Å². The molecule has 1 aromatic heterocycles. The van der Waals surface area contributed by atoms with E-state index in [1.807, 2.05) is 11.9 Å². The van der Waals surface area contributed by atoms with Crippen LogP contribution in [0.5, 0.6) is 0 Å². The lowest BCUT2D eigenvalue weighted by Crippen LogP contribution is -2.36. The molecule has 2 heterocycles. The van der Waals surface area contributed by atoms with Crippen LogP contribution < -0.4 is 0 Å². The number of likely N-dealkylation sites (tertiary alicyclic amines) is 1. The SMILES string of the molecule is Cn1cnc(C(=O)N2CCCC2CBr)c1. The Hall–Kier alpha value is -0.840. The number of carbonyl (C=O) groups excluding carboxylic acids is 1. The topological polar surface area (TPSA) is 38.1 Å². The zero-order chi connectivity index (χ0) is 10.8. The number of rotatable bonds is 2. The molecule has 0 aliphatic carbocycles. The highest BCUT2D eigenvalue weighted by molar-refractivity contribution is 9.09. The number of alkyl halides is 1. The fourth-order valence-corrected chi connectivity index (χ4v) is 2.61. The molecule has 1 aliphatic heterocycles. The van der Waals surface area contributed by atoms with Crippen molar-refractivity contribution in [1.82, 2.24) is 14.5 Å². The second-order valence-corrected chi connectivity index (χ2v) is 4.52. The van der Waals surface area contributed by atoms with Gasteiger partial charge in [0.15, 0.2) is 0 Å². The summed E-state index contributed by atoms with van der Waals surface area (Å²) >= 11 is 3.44. The van der Waals surface area contributed by atoms with Crippen molar-refractivity contribution in [1.29, 1.82) is 0 Å². The molecule has 0 aromatic carbocycles. The lowest BCUT2D eigenvalue weighted by Gasteiger charge is -2.21. The van der Waals surface area contributed by atoms with E-state index in [9.17, 15) is 4.79 Å². The molecule has 4 nitrogen and oxygen atoms in total. The van der Waals surface area contributed by atoms with Crippen LogP contribution in [0.15, 0.2) is 12.5 Å². The van der Waals surface area contributed by atoms with Crippen LogP contribution in [0.1, 0.15) is 23.3 Å². The van der Waals surface area contributed by atoms with Crippen molar-refractivity contribution in [2.75, 3.05) is 11.9 Å². The van der Waals surface area contributed by atoms with Crippen LogP contribution in [0.25, 0.3) is 0 Å². The van der Waals surface area contributed by atoms with E-state index < -0.39 is 0 Å². The Bertz CT molecular complexity index is 363. The minimum Gasteiger partial charge on any atom is -0.340 e. The van der Waals surface area contributed by atoms with Gasteiger partial charge in [-0.15, -0.1) is 0 Å². The molecule has 15 heavy (non-hydrogen) atoms. The van der Waals surface area contributed by atoms with E-state index in [-0.39, 0.29) is 5.91 Å². The molecule has 2 rings (SSSR count). The third-order valence-corrected chi connectivity index (χ3v) is 3.49. The average Bonchev–Trinajstić information content (AvgIpc) is 2.84. The molecule has 1 aliphatic rings. The number of imidazole rings is 1. The molecule has 0 spiro atoms. The number of hydrogen-bond donors (Lipinski definition) is 0. The fourth-order valence-electron chi connectivity index (χ4n) is 1.93. The van der Waals surface area contributed by atoms with Crippen LogP contribution in [0.3, 0.4) is 0 Å². The normalized spacial score (nSPS) is 20.9. The first-order valence-electron chi connectivity index (χ1n) is 5.07. The zero-order valence-corrected chi connectivity index (χ0v) is 10.3. The van der Waals surface area contributed by atoms with Gasteiger partial charge in [-0.3, -0.25) is 4.79 Å². The summed E-state index contributed by atoms with van der Waals surface area (Å²) < 4.78 is 1.80. The van der Waals surface area contributed by atoms with Gasteiger partial charge in [0.2, 0.25) is 0 Å². The molecule has 0 N–H and O–H groups in total. The number of aromatic nitrogens is 2. The highest BCUT2D eigenvalue weighted by Gasteiger charge is 2.29. The molecule has 1 saturated heterocycles. The van der Waals surface area contributed by atoms with Gasteiger partial charge >= 0.3 is 0 Å². The van der Waals surface area contributed by atoms with Crippen LogP contribution in [0.2, 0.25) is 0 Å². The molecular weight excluding hydrogens is 258 g/mol. The quantitative estimate of drug-likeness (QED) is 0.764. The summed E-state index contributed by atoms with van der Waals surface area (Å²) in [5.41, 5.74) is 0.547. The van der Waals surface area contributed by atoms with Crippen molar-refractivity contribution >= 4 is 21.8 Å². The lowest BCUT2D eigenvalue weighted by molar-refractivity contribution is 0.0745. The Morgan fingerprint density at radius 2 is 2.53 bits per heavy atom. The van der Waals surface area contributed by atoms with Gasteiger partial charge in [-0.2, -0.15) is 0 Å². The Morgan fingerprint density at radius 1 is 1.73 bits per heavy atom. The van der Waals surface area contributed by atoms with Crippen molar-refractivity contribution in [3.05, 3.63) is 18.2 Å². The van der Waals surface area contributed by atoms with Crippen molar-refractivity contribution in [3.8, 4) is 0 Å². The van der Waals surface area contributed by atoms with Gasteiger partial charge in [-0.25, -0.2) is 4.98 Å². The Morgan fingerprint density at radius 3 is 3.13 bits per heavy atom. The summed E-state index contributed by atoms with van der Waals surface area (Å²) in [6.07, 6.45) is 5.61. The summed E-state index contributed by atoms with van der Waals surface area (Å²) in [6, 6.07) is 0.333. The summed E-state index contributed by atoms with van der Waals surface area (Å²) in [5, 5.41) is 0.853. The number of carbonyl (C=O) groups is 1. The Labute approximate surface area is 97.4 Å². The van der Waals surface area contributed by atoms with Gasteiger partial charge in [-0.05, 0) is 12.8 Å². The minimum atomic E-state index is 0.0533. The third-order valence-electron chi connectivity index (χ3n) is 2.74. The molecule has 0 radical (unpaired) electrons. The van der Waals surface area contributed by atoms with E-state index in [2.05, 4.69) is 20.9 Å². The predicted octanol–water partition coefficient (Wildman–Crippen LogP) is 1.42. The van der Waals surface area contributed by atoms with E-state index in [0.29, 0.717) is 11.7 Å². The lowest BCUT2D eigenvalue weighted by atomic mass is 10.2. The highest BCUT2D eigenvalue weighted by Crippen LogP contribution is 2.20. The van der Waals surface area contributed by atoms with Crippen molar-refractivity contribution in [2.24, 2.45) is 7.05 Å². The first-order valence-corrected chi connectivity index (χ1v) is 6.19. The minimum absolute atomic E-state index is 0.0533. The van der Waals surface area contributed by atoms with Gasteiger partial charge in [-0.1, -0.05) is 15.9 Å². The maximum atomic E-state index is 12.1. The summed E-state index contributed by atoms with van der Waals surface area (Å²) in [7, 11) is 1.87. The average molecular weight is 272 g/mol. The second kappa shape index (κ2) is 4.35. The molecule has 0 bridgehead atoms. The molecule has 1 atom stereocenters. The van der Waals surface area contributed by atoms with Crippen molar-refractivity contribution in [3.63, 3.8) is 0 Å². The van der Waals surface area contributed by atoms with E-state index in [1.165, 1.54) is 0 Å². The maximum absolute atomic E-state index is 12.1. The first-order chi connectivity index (χ1) is 7.22. The molecule has 1 fully saturated rings. The monoisotopic (exact) mass is 271 g/mol. The van der Waals surface area contributed by atoms with Gasteiger partial charge in [0.25, 0.3) is 5.91 Å². The number of halogens is 1. The van der Waals surface area contributed by atoms with E-state index >= 15 is 0 Å². The second-order valence-electron chi connectivity index (χ2n) is 3.87. The zero-order valence-electron chi connectivity index (χ0n) is 8.69. The number of amides is 1. The summed E-state index contributed by atoms with van der Waals surface area (Å²) in [6.45, 7) is 0.853. The van der Waals surface area contributed by atoms with Crippen molar-refractivity contribution < 1.29 is 4.79 Å². The standard InChI is InChI=1S/C10H14BrN3O/c1-13-6-9(12-7-13)10(15)14-4-2-3-8(14)5-11/h6-8H,2-5H2,1H3. The Balaban J connectivity index is 2.13. The molecule has 0 saturated carbocycles. The largest absolute Gasteiger partial charge is 0.340 e. The molecule has 1 unspecified atom stereocenters. The predicted molar refractivity (Wildman–Crippen MR) is 61.1 cm³/mol. The van der Waals surface area contributed by atoms with Crippen LogP contribution in [0, 0.1) is 0 Å². The number of hydrogen-bond acceptors (Lipinski definition) is 2. The Kier molecular flexibility index (Phi) is 3.09.